The van der Waals surface area contributed by atoms with E-state index in [-0.39, 0.29) is 5.91 Å². The third-order valence-corrected chi connectivity index (χ3v) is 2.94. The predicted molar refractivity (Wildman–Crippen MR) is 70.1 cm³/mol. The number of carbonyl (C=O) groups is 1. The zero-order chi connectivity index (χ0) is 13.0. The second kappa shape index (κ2) is 5.49. The molecule has 4 nitrogen and oxygen atoms in total. The highest BCUT2D eigenvalue weighted by molar-refractivity contribution is 5.78. The summed E-state index contributed by atoms with van der Waals surface area (Å²) in [4.78, 5) is 18.7. The van der Waals surface area contributed by atoms with Crippen molar-refractivity contribution < 1.29 is 4.79 Å². The van der Waals surface area contributed by atoms with Crippen molar-refractivity contribution in [1.82, 2.24) is 15.3 Å². The van der Waals surface area contributed by atoms with Crippen LogP contribution in [0.3, 0.4) is 0 Å². The first-order valence-electron chi connectivity index (χ1n) is 5.96. The predicted octanol–water partition coefficient (Wildman–Crippen LogP) is 1.89. The second-order valence-corrected chi connectivity index (χ2v) is 4.41. The number of H-pyrrole nitrogens is 1. The fourth-order valence-corrected chi connectivity index (χ4v) is 1.74. The van der Waals surface area contributed by atoms with Gasteiger partial charge in [0.25, 0.3) is 0 Å². The number of aromatic nitrogens is 2. The number of hydrogen-bond acceptors (Lipinski definition) is 2. The molecule has 1 aromatic carbocycles. The van der Waals surface area contributed by atoms with E-state index in [9.17, 15) is 4.79 Å². The van der Waals surface area contributed by atoms with Gasteiger partial charge in [-0.25, -0.2) is 4.98 Å². The van der Waals surface area contributed by atoms with Crippen LogP contribution in [0.25, 0.3) is 0 Å². The zero-order valence-corrected chi connectivity index (χ0v) is 10.7. The Kier molecular flexibility index (Phi) is 3.77. The van der Waals surface area contributed by atoms with Crippen LogP contribution in [0.2, 0.25) is 0 Å². The lowest BCUT2D eigenvalue weighted by molar-refractivity contribution is -0.120. The summed E-state index contributed by atoms with van der Waals surface area (Å²) in [6, 6.07) is 6.10. The molecule has 2 aromatic rings. The van der Waals surface area contributed by atoms with Crippen molar-refractivity contribution in [2.24, 2.45) is 0 Å². The van der Waals surface area contributed by atoms with Crippen molar-refractivity contribution in [3.63, 3.8) is 0 Å². The van der Waals surface area contributed by atoms with E-state index in [2.05, 4.69) is 35.2 Å². The molecule has 94 valence electrons. The number of nitrogens with one attached hydrogen (secondary N) is 2. The van der Waals surface area contributed by atoms with Gasteiger partial charge in [-0.1, -0.05) is 18.2 Å². The number of amides is 1. The minimum absolute atomic E-state index is 0.00894. The van der Waals surface area contributed by atoms with Crippen LogP contribution in [0, 0.1) is 13.8 Å². The lowest BCUT2D eigenvalue weighted by atomic mass is 10.0. The molecule has 0 aliphatic carbocycles. The molecule has 1 aromatic heterocycles. The Morgan fingerprint density at radius 2 is 2.17 bits per heavy atom. The fraction of sp³-hybridized carbons (Fsp3) is 0.286. The van der Waals surface area contributed by atoms with E-state index in [0.29, 0.717) is 13.0 Å². The third kappa shape index (κ3) is 3.20. The first-order valence-corrected chi connectivity index (χ1v) is 5.96. The molecule has 0 saturated carbocycles. The Balaban J connectivity index is 1.88. The van der Waals surface area contributed by atoms with Crippen molar-refractivity contribution in [2.75, 3.05) is 0 Å². The lowest BCUT2D eigenvalue weighted by Gasteiger charge is -2.06. The molecular weight excluding hydrogens is 226 g/mol. The topological polar surface area (TPSA) is 57.8 Å². The SMILES string of the molecule is Cc1ccc(CC(=O)NCc2ncc[nH]2)cc1C. The van der Waals surface area contributed by atoms with Gasteiger partial charge in [-0.15, -0.1) is 0 Å². The summed E-state index contributed by atoms with van der Waals surface area (Å²) in [5, 5.41) is 2.83. The standard InChI is InChI=1S/C14H17N3O/c1-10-3-4-12(7-11(10)2)8-14(18)17-9-13-15-5-6-16-13/h3-7H,8-9H2,1-2H3,(H,15,16)(H,17,18). The molecule has 4 heteroatoms. The average molecular weight is 243 g/mol. The fourth-order valence-electron chi connectivity index (χ4n) is 1.74. The minimum atomic E-state index is 0.00894. The van der Waals surface area contributed by atoms with Gasteiger partial charge in [0.05, 0.1) is 13.0 Å². The smallest absolute Gasteiger partial charge is 0.224 e. The van der Waals surface area contributed by atoms with Crippen LogP contribution in [0.1, 0.15) is 22.5 Å². The highest BCUT2D eigenvalue weighted by Crippen LogP contribution is 2.10. The third-order valence-electron chi connectivity index (χ3n) is 2.94. The Hall–Kier alpha value is -2.10. The first kappa shape index (κ1) is 12.4. The highest BCUT2D eigenvalue weighted by Gasteiger charge is 2.05. The summed E-state index contributed by atoms with van der Waals surface area (Å²) >= 11 is 0. The summed E-state index contributed by atoms with van der Waals surface area (Å²) < 4.78 is 0. The van der Waals surface area contributed by atoms with E-state index in [1.54, 1.807) is 12.4 Å². The molecule has 0 atom stereocenters. The molecule has 18 heavy (non-hydrogen) atoms. The van der Waals surface area contributed by atoms with Crippen molar-refractivity contribution in [1.29, 1.82) is 0 Å². The normalized spacial score (nSPS) is 10.3. The molecule has 2 N–H and O–H groups in total. The summed E-state index contributed by atoms with van der Waals surface area (Å²) in [5.41, 5.74) is 3.50. The van der Waals surface area contributed by atoms with Crippen LogP contribution >= 0.6 is 0 Å². The molecular formula is C14H17N3O. The van der Waals surface area contributed by atoms with Crippen molar-refractivity contribution in [2.45, 2.75) is 26.8 Å². The molecule has 1 heterocycles. The number of benzene rings is 1. The Morgan fingerprint density at radius 3 is 2.83 bits per heavy atom. The van der Waals surface area contributed by atoms with Gasteiger partial charge >= 0.3 is 0 Å². The van der Waals surface area contributed by atoms with E-state index in [1.165, 1.54) is 11.1 Å². The average Bonchev–Trinajstić information content (AvgIpc) is 2.84. The number of aromatic amines is 1. The molecule has 2 rings (SSSR count). The van der Waals surface area contributed by atoms with Gasteiger partial charge in [-0.2, -0.15) is 0 Å². The molecule has 0 aliphatic heterocycles. The molecule has 0 unspecified atom stereocenters. The van der Waals surface area contributed by atoms with E-state index in [1.807, 2.05) is 12.1 Å². The van der Waals surface area contributed by atoms with E-state index in [4.69, 9.17) is 0 Å². The van der Waals surface area contributed by atoms with Gasteiger partial charge in [0.1, 0.15) is 5.82 Å². The Labute approximate surface area is 106 Å². The number of nitrogens with zero attached hydrogens (tertiary/aromatic N) is 1. The molecule has 0 fully saturated rings. The van der Waals surface area contributed by atoms with Crippen LogP contribution < -0.4 is 5.32 Å². The van der Waals surface area contributed by atoms with Gasteiger partial charge in [-0.05, 0) is 30.5 Å². The maximum absolute atomic E-state index is 11.8. The van der Waals surface area contributed by atoms with E-state index < -0.39 is 0 Å². The van der Waals surface area contributed by atoms with E-state index >= 15 is 0 Å². The molecule has 0 spiro atoms. The summed E-state index contributed by atoms with van der Waals surface area (Å²) in [6.07, 6.45) is 3.82. The molecule has 0 aliphatic rings. The number of aryl methyl sites for hydroxylation is 2. The summed E-state index contributed by atoms with van der Waals surface area (Å²) in [5.74, 6) is 0.776. The first-order chi connectivity index (χ1) is 8.65. The van der Waals surface area contributed by atoms with Crippen LogP contribution in [-0.2, 0) is 17.8 Å². The van der Waals surface area contributed by atoms with Gasteiger partial charge in [0, 0.05) is 12.4 Å². The van der Waals surface area contributed by atoms with Crippen LogP contribution in [0.4, 0.5) is 0 Å². The zero-order valence-electron chi connectivity index (χ0n) is 10.7. The number of hydrogen-bond donors (Lipinski definition) is 2. The van der Waals surface area contributed by atoms with Crippen molar-refractivity contribution in [3.05, 3.63) is 53.1 Å². The van der Waals surface area contributed by atoms with Crippen LogP contribution in [0.15, 0.2) is 30.6 Å². The van der Waals surface area contributed by atoms with Crippen LogP contribution in [0.5, 0.6) is 0 Å². The molecule has 1 amide bonds. The Morgan fingerprint density at radius 1 is 1.33 bits per heavy atom. The molecule has 0 bridgehead atoms. The highest BCUT2D eigenvalue weighted by atomic mass is 16.1. The summed E-state index contributed by atoms with van der Waals surface area (Å²) in [7, 11) is 0. The molecule has 0 radical (unpaired) electrons. The molecule has 0 saturated heterocycles. The van der Waals surface area contributed by atoms with Gasteiger partial charge in [0.15, 0.2) is 0 Å². The van der Waals surface area contributed by atoms with Crippen LogP contribution in [-0.4, -0.2) is 15.9 Å². The number of rotatable bonds is 4. The monoisotopic (exact) mass is 243 g/mol. The van der Waals surface area contributed by atoms with Gasteiger partial charge in [0.2, 0.25) is 5.91 Å². The van der Waals surface area contributed by atoms with E-state index in [0.717, 1.165) is 11.4 Å². The van der Waals surface area contributed by atoms with Gasteiger partial charge < -0.3 is 10.3 Å². The van der Waals surface area contributed by atoms with Crippen molar-refractivity contribution in [3.8, 4) is 0 Å². The number of imidazole rings is 1. The summed E-state index contributed by atoms with van der Waals surface area (Å²) in [6.45, 7) is 4.56. The Bertz CT molecular complexity index is 532. The second-order valence-electron chi connectivity index (χ2n) is 4.41. The lowest BCUT2D eigenvalue weighted by Crippen LogP contribution is -2.25. The van der Waals surface area contributed by atoms with Crippen molar-refractivity contribution >= 4 is 5.91 Å². The number of carbonyl (C=O) groups excluding carboxylic acids is 1. The minimum Gasteiger partial charge on any atom is -0.349 e. The maximum Gasteiger partial charge on any atom is 0.224 e. The maximum atomic E-state index is 11.8. The van der Waals surface area contributed by atoms with Gasteiger partial charge in [-0.3, -0.25) is 4.79 Å². The largest absolute Gasteiger partial charge is 0.349 e. The quantitative estimate of drug-likeness (QED) is 0.861.